The van der Waals surface area contributed by atoms with Crippen LogP contribution >= 0.6 is 0 Å². The third-order valence-corrected chi connectivity index (χ3v) is 2.84. The molecule has 5 heteroatoms. The van der Waals surface area contributed by atoms with E-state index in [-0.39, 0.29) is 5.91 Å². The normalized spacial score (nSPS) is 16.8. The summed E-state index contributed by atoms with van der Waals surface area (Å²) in [6, 6.07) is 9.55. The van der Waals surface area contributed by atoms with Crippen LogP contribution in [0.5, 0.6) is 5.75 Å². The molecule has 0 spiro atoms. The van der Waals surface area contributed by atoms with Gasteiger partial charge in [0, 0.05) is 13.6 Å². The minimum atomic E-state index is -0.524. The molecular weight excluding hydrogens is 230 g/mol. The highest BCUT2D eigenvalue weighted by molar-refractivity contribution is 5.83. The molecule has 18 heavy (non-hydrogen) atoms. The van der Waals surface area contributed by atoms with Crippen molar-refractivity contribution >= 4 is 11.6 Å². The Hall–Kier alpha value is -2.22. The second-order valence-electron chi connectivity index (χ2n) is 4.15. The number of ether oxygens (including phenoxy) is 1. The molecule has 1 N–H and O–H groups in total. The van der Waals surface area contributed by atoms with Gasteiger partial charge in [-0.15, -0.1) is 0 Å². The molecule has 2 rings (SSSR count). The van der Waals surface area contributed by atoms with Crippen LogP contribution in [-0.2, 0) is 4.79 Å². The maximum absolute atomic E-state index is 12.1. The maximum Gasteiger partial charge on any atom is 0.265 e. The lowest BCUT2D eigenvalue weighted by Gasteiger charge is -2.29. The van der Waals surface area contributed by atoms with Crippen LogP contribution in [0, 0.1) is 11.3 Å². The van der Waals surface area contributed by atoms with E-state index in [0.29, 0.717) is 25.3 Å². The van der Waals surface area contributed by atoms with Gasteiger partial charge in [0.05, 0.1) is 24.7 Å². The Morgan fingerprint density at radius 2 is 2.39 bits per heavy atom. The van der Waals surface area contributed by atoms with Crippen molar-refractivity contribution in [3.05, 3.63) is 24.3 Å². The molecule has 0 fully saturated rings. The lowest BCUT2D eigenvalue weighted by Crippen LogP contribution is -2.45. The van der Waals surface area contributed by atoms with E-state index in [0.717, 1.165) is 5.69 Å². The van der Waals surface area contributed by atoms with Gasteiger partial charge in [-0.1, -0.05) is 12.1 Å². The van der Waals surface area contributed by atoms with Crippen LogP contribution in [-0.4, -0.2) is 37.0 Å². The van der Waals surface area contributed by atoms with Gasteiger partial charge < -0.3 is 15.0 Å². The van der Waals surface area contributed by atoms with Crippen molar-refractivity contribution < 1.29 is 9.53 Å². The van der Waals surface area contributed by atoms with Crippen LogP contribution in [0.3, 0.4) is 0 Å². The fourth-order valence-electron chi connectivity index (χ4n) is 1.82. The zero-order chi connectivity index (χ0) is 13.0. The summed E-state index contributed by atoms with van der Waals surface area (Å²) in [7, 11) is 1.68. The van der Waals surface area contributed by atoms with Gasteiger partial charge in [-0.25, -0.2) is 0 Å². The molecule has 1 aromatic carbocycles. The van der Waals surface area contributed by atoms with Crippen LogP contribution < -0.4 is 10.1 Å². The van der Waals surface area contributed by atoms with Gasteiger partial charge in [0.1, 0.15) is 5.75 Å². The zero-order valence-electron chi connectivity index (χ0n) is 10.2. The van der Waals surface area contributed by atoms with Crippen molar-refractivity contribution in [1.82, 2.24) is 4.90 Å². The van der Waals surface area contributed by atoms with Gasteiger partial charge in [0.25, 0.3) is 5.91 Å². The number of fused-ring (bicyclic) bond motifs is 1. The quantitative estimate of drug-likeness (QED) is 0.870. The number of likely N-dealkylation sites (N-methyl/N-ethyl adjacent to an activating group) is 1. The van der Waals surface area contributed by atoms with Crippen molar-refractivity contribution in [2.45, 2.75) is 12.5 Å². The smallest absolute Gasteiger partial charge is 0.265 e. The third-order valence-electron chi connectivity index (χ3n) is 2.84. The van der Waals surface area contributed by atoms with Crippen LogP contribution in [0.4, 0.5) is 5.69 Å². The van der Waals surface area contributed by atoms with E-state index >= 15 is 0 Å². The first-order valence-corrected chi connectivity index (χ1v) is 5.84. The Morgan fingerprint density at radius 1 is 1.61 bits per heavy atom. The predicted octanol–water partition coefficient (Wildman–Crippen LogP) is 1.23. The molecule has 0 aromatic heterocycles. The predicted molar refractivity (Wildman–Crippen MR) is 67.2 cm³/mol. The molecule has 1 amide bonds. The SMILES string of the molecule is CN(CCC#N)C(=O)C1CNc2ccccc2O1. The van der Waals surface area contributed by atoms with Gasteiger partial charge in [0.15, 0.2) is 6.10 Å². The van der Waals surface area contributed by atoms with Crippen molar-refractivity contribution in [2.75, 3.05) is 25.5 Å². The van der Waals surface area contributed by atoms with Gasteiger partial charge in [-0.05, 0) is 12.1 Å². The summed E-state index contributed by atoms with van der Waals surface area (Å²) in [5.41, 5.74) is 0.904. The molecule has 0 saturated heterocycles. The van der Waals surface area contributed by atoms with Gasteiger partial charge in [-0.3, -0.25) is 4.79 Å². The van der Waals surface area contributed by atoms with Gasteiger partial charge >= 0.3 is 0 Å². The Morgan fingerprint density at radius 3 is 3.17 bits per heavy atom. The largest absolute Gasteiger partial charge is 0.477 e. The van der Waals surface area contributed by atoms with E-state index < -0.39 is 6.10 Å². The molecule has 5 nitrogen and oxygen atoms in total. The fourth-order valence-corrected chi connectivity index (χ4v) is 1.82. The number of nitrogens with zero attached hydrogens (tertiary/aromatic N) is 2. The number of rotatable bonds is 3. The summed E-state index contributed by atoms with van der Waals surface area (Å²) >= 11 is 0. The number of nitrogens with one attached hydrogen (secondary N) is 1. The standard InChI is InChI=1S/C13H15N3O2/c1-16(8-4-7-14)13(17)12-9-15-10-5-2-3-6-11(10)18-12/h2-3,5-6,12,15H,4,8-9H2,1H3. The summed E-state index contributed by atoms with van der Waals surface area (Å²) in [6.07, 6.45) is -0.192. The van der Waals surface area contributed by atoms with Crippen LogP contribution in [0.1, 0.15) is 6.42 Å². The molecule has 1 atom stereocenters. The monoisotopic (exact) mass is 245 g/mol. The Bertz CT molecular complexity index is 481. The first-order valence-electron chi connectivity index (χ1n) is 5.84. The third kappa shape index (κ3) is 2.54. The van der Waals surface area contributed by atoms with Crippen molar-refractivity contribution in [2.24, 2.45) is 0 Å². The summed E-state index contributed by atoms with van der Waals surface area (Å²) in [4.78, 5) is 13.6. The molecule has 1 heterocycles. The summed E-state index contributed by atoms with van der Waals surface area (Å²) < 4.78 is 5.66. The number of nitriles is 1. The average molecular weight is 245 g/mol. The summed E-state index contributed by atoms with van der Waals surface area (Å²) in [6.45, 7) is 0.879. The number of carbonyl (C=O) groups excluding carboxylic acids is 1. The van der Waals surface area contributed by atoms with E-state index in [9.17, 15) is 4.79 Å². The maximum atomic E-state index is 12.1. The molecule has 1 aliphatic heterocycles. The van der Waals surface area contributed by atoms with Crippen molar-refractivity contribution in [1.29, 1.82) is 5.26 Å². The van der Waals surface area contributed by atoms with Crippen molar-refractivity contribution in [3.8, 4) is 11.8 Å². The van der Waals surface area contributed by atoms with E-state index in [1.54, 1.807) is 7.05 Å². The first kappa shape index (κ1) is 12.2. The summed E-state index contributed by atoms with van der Waals surface area (Å²) in [5, 5.41) is 11.7. The molecule has 0 bridgehead atoms. The molecule has 1 unspecified atom stereocenters. The van der Waals surface area contributed by atoms with Gasteiger partial charge in [-0.2, -0.15) is 5.26 Å². The zero-order valence-corrected chi connectivity index (χ0v) is 10.2. The second-order valence-corrected chi connectivity index (χ2v) is 4.15. The molecule has 0 radical (unpaired) electrons. The summed E-state index contributed by atoms with van der Waals surface area (Å²) in [5.74, 6) is 0.586. The lowest BCUT2D eigenvalue weighted by molar-refractivity contribution is -0.136. The molecule has 1 aromatic rings. The number of carbonyl (C=O) groups is 1. The highest BCUT2D eigenvalue weighted by Crippen LogP contribution is 2.28. The molecule has 0 aliphatic carbocycles. The Balaban J connectivity index is 2.00. The van der Waals surface area contributed by atoms with E-state index in [2.05, 4.69) is 5.32 Å². The number of hydrogen-bond donors (Lipinski definition) is 1. The molecular formula is C13H15N3O2. The Labute approximate surface area is 106 Å². The Kier molecular flexibility index (Phi) is 3.68. The fraction of sp³-hybridized carbons (Fsp3) is 0.385. The number of hydrogen-bond acceptors (Lipinski definition) is 4. The van der Waals surface area contributed by atoms with Crippen LogP contribution in [0.25, 0.3) is 0 Å². The average Bonchev–Trinajstić information content (AvgIpc) is 2.43. The minimum Gasteiger partial charge on any atom is -0.477 e. The molecule has 0 saturated carbocycles. The highest BCUT2D eigenvalue weighted by atomic mass is 16.5. The lowest BCUT2D eigenvalue weighted by atomic mass is 10.2. The van der Waals surface area contributed by atoms with E-state index in [4.69, 9.17) is 10.00 Å². The van der Waals surface area contributed by atoms with Crippen LogP contribution in [0.2, 0.25) is 0 Å². The van der Waals surface area contributed by atoms with Gasteiger partial charge in [0.2, 0.25) is 0 Å². The number of anilines is 1. The number of amides is 1. The second kappa shape index (κ2) is 5.41. The number of benzene rings is 1. The first-order chi connectivity index (χ1) is 8.72. The molecule has 94 valence electrons. The number of para-hydroxylation sites is 2. The van der Waals surface area contributed by atoms with Crippen LogP contribution in [0.15, 0.2) is 24.3 Å². The highest BCUT2D eigenvalue weighted by Gasteiger charge is 2.27. The van der Waals surface area contributed by atoms with E-state index in [1.807, 2.05) is 30.3 Å². The topological polar surface area (TPSA) is 65.4 Å². The van der Waals surface area contributed by atoms with Crippen molar-refractivity contribution in [3.63, 3.8) is 0 Å². The minimum absolute atomic E-state index is 0.104. The molecule has 1 aliphatic rings. The van der Waals surface area contributed by atoms with E-state index in [1.165, 1.54) is 4.90 Å².